The first-order valence-electron chi connectivity index (χ1n) is 11.3. The number of anilines is 1. The van der Waals surface area contributed by atoms with Crippen molar-refractivity contribution in [1.82, 2.24) is 18.8 Å². The topological polar surface area (TPSA) is 63.1 Å². The summed E-state index contributed by atoms with van der Waals surface area (Å²) in [6.45, 7) is 4.18. The lowest BCUT2D eigenvalue weighted by molar-refractivity contribution is 0.357. The molecule has 0 atom stereocenters. The first-order chi connectivity index (χ1) is 15.2. The number of pyridine rings is 1. The van der Waals surface area contributed by atoms with Crippen molar-refractivity contribution in [2.45, 2.75) is 62.4 Å². The Hall–Kier alpha value is -2.38. The summed E-state index contributed by atoms with van der Waals surface area (Å²) in [4.78, 5) is 23.2. The van der Waals surface area contributed by atoms with Crippen LogP contribution in [0.15, 0.2) is 52.3 Å². The van der Waals surface area contributed by atoms with Gasteiger partial charge in [-0.3, -0.25) is 9.36 Å². The highest BCUT2D eigenvalue weighted by molar-refractivity contribution is 7.97. The average Bonchev–Trinajstić information content (AvgIpc) is 3.29. The number of aryl methyl sites for hydroxylation is 1. The molecule has 2 aliphatic rings. The molecule has 1 saturated carbocycles. The number of hydrogen-bond acceptors (Lipinski definition) is 6. The SMILES string of the molecule is Cc1cccc(SN2CCC(Nc3ncc4ccc(=O)n(C5CCCC5)c4n3)CC2)c1. The molecule has 0 amide bonds. The molecule has 1 aliphatic carbocycles. The van der Waals surface area contributed by atoms with E-state index in [4.69, 9.17) is 4.98 Å². The Morgan fingerprint density at radius 2 is 1.87 bits per heavy atom. The van der Waals surface area contributed by atoms with Gasteiger partial charge >= 0.3 is 0 Å². The smallest absolute Gasteiger partial charge is 0.252 e. The summed E-state index contributed by atoms with van der Waals surface area (Å²) in [6, 6.07) is 12.8. The van der Waals surface area contributed by atoms with Crippen LogP contribution in [0.4, 0.5) is 5.95 Å². The summed E-state index contributed by atoms with van der Waals surface area (Å²) < 4.78 is 4.34. The zero-order chi connectivity index (χ0) is 21.2. The van der Waals surface area contributed by atoms with Crippen molar-refractivity contribution in [3.05, 3.63) is 58.5 Å². The van der Waals surface area contributed by atoms with Gasteiger partial charge in [-0.05, 0) is 68.3 Å². The molecule has 0 radical (unpaired) electrons. The van der Waals surface area contributed by atoms with Crippen molar-refractivity contribution in [3.63, 3.8) is 0 Å². The standard InChI is InChI=1S/C24H29N5OS/c1-17-5-4-8-21(15-17)31-28-13-11-19(12-14-28)26-24-25-16-18-9-10-22(30)29(23(18)27-24)20-6-2-3-7-20/h4-5,8-10,15-16,19-20H,2-3,6-7,11-14H2,1H3,(H,25,26,27). The van der Waals surface area contributed by atoms with E-state index < -0.39 is 0 Å². The van der Waals surface area contributed by atoms with Crippen LogP contribution in [0.1, 0.15) is 50.1 Å². The van der Waals surface area contributed by atoms with Gasteiger partial charge in [-0.2, -0.15) is 4.98 Å². The number of aromatic nitrogens is 3. The molecule has 1 N–H and O–H groups in total. The summed E-state index contributed by atoms with van der Waals surface area (Å²) in [5.74, 6) is 0.634. The third-order valence-corrected chi connectivity index (χ3v) is 7.46. The maximum atomic E-state index is 12.6. The summed E-state index contributed by atoms with van der Waals surface area (Å²) in [6.07, 6.45) is 8.42. The fraction of sp³-hybridized carbons (Fsp3) is 0.458. The Labute approximate surface area is 187 Å². The van der Waals surface area contributed by atoms with Crippen LogP contribution >= 0.6 is 11.9 Å². The molecule has 162 valence electrons. The van der Waals surface area contributed by atoms with Crippen molar-refractivity contribution in [2.24, 2.45) is 0 Å². The molecule has 31 heavy (non-hydrogen) atoms. The van der Waals surface area contributed by atoms with Gasteiger partial charge in [0, 0.05) is 47.7 Å². The molecule has 3 heterocycles. The zero-order valence-electron chi connectivity index (χ0n) is 18.0. The molecule has 0 unspecified atom stereocenters. The van der Waals surface area contributed by atoms with Crippen LogP contribution in [-0.4, -0.2) is 38.0 Å². The van der Waals surface area contributed by atoms with Crippen LogP contribution in [-0.2, 0) is 0 Å². The molecule has 7 heteroatoms. The first kappa shape index (κ1) is 20.5. The normalized spacial score (nSPS) is 18.6. The molecule has 5 rings (SSSR count). The predicted molar refractivity (Wildman–Crippen MR) is 127 cm³/mol. The molecule has 2 fully saturated rings. The molecule has 3 aromatic rings. The van der Waals surface area contributed by atoms with Gasteiger partial charge in [0.15, 0.2) is 0 Å². The summed E-state index contributed by atoms with van der Waals surface area (Å²) in [5.41, 5.74) is 2.11. The maximum Gasteiger partial charge on any atom is 0.252 e. The van der Waals surface area contributed by atoms with Gasteiger partial charge in [0.25, 0.3) is 5.56 Å². The van der Waals surface area contributed by atoms with Gasteiger partial charge in [0.1, 0.15) is 5.65 Å². The Bertz CT molecular complexity index is 1120. The molecule has 1 aliphatic heterocycles. The van der Waals surface area contributed by atoms with Crippen LogP contribution in [0.3, 0.4) is 0 Å². The van der Waals surface area contributed by atoms with Crippen molar-refractivity contribution in [1.29, 1.82) is 0 Å². The quantitative estimate of drug-likeness (QED) is 0.581. The van der Waals surface area contributed by atoms with Gasteiger partial charge in [-0.15, -0.1) is 0 Å². The minimum absolute atomic E-state index is 0.0468. The first-order valence-corrected chi connectivity index (χ1v) is 12.1. The Morgan fingerprint density at radius 3 is 2.65 bits per heavy atom. The van der Waals surface area contributed by atoms with Crippen molar-refractivity contribution in [2.75, 3.05) is 18.4 Å². The minimum atomic E-state index is 0.0468. The number of rotatable bonds is 5. The van der Waals surface area contributed by atoms with Gasteiger partial charge < -0.3 is 5.32 Å². The van der Waals surface area contributed by atoms with Gasteiger partial charge in [-0.25, -0.2) is 9.29 Å². The summed E-state index contributed by atoms with van der Waals surface area (Å²) in [7, 11) is 0. The molecular formula is C24H29N5OS. The van der Waals surface area contributed by atoms with Crippen LogP contribution < -0.4 is 10.9 Å². The van der Waals surface area contributed by atoms with Crippen molar-refractivity contribution < 1.29 is 0 Å². The van der Waals surface area contributed by atoms with Crippen molar-refractivity contribution in [3.8, 4) is 0 Å². The van der Waals surface area contributed by atoms with Crippen LogP contribution in [0.2, 0.25) is 0 Å². The number of benzene rings is 1. The lowest BCUT2D eigenvalue weighted by Gasteiger charge is -2.31. The van der Waals surface area contributed by atoms with E-state index in [1.165, 1.54) is 23.3 Å². The molecule has 0 spiro atoms. The Kier molecular flexibility index (Phi) is 5.96. The Morgan fingerprint density at radius 1 is 1.06 bits per heavy atom. The highest BCUT2D eigenvalue weighted by atomic mass is 32.2. The third-order valence-electron chi connectivity index (χ3n) is 6.37. The lowest BCUT2D eigenvalue weighted by Crippen LogP contribution is -2.36. The van der Waals surface area contributed by atoms with Crippen LogP contribution in [0, 0.1) is 6.92 Å². The largest absolute Gasteiger partial charge is 0.351 e. The van der Waals surface area contributed by atoms with E-state index in [1.54, 1.807) is 6.07 Å². The second-order valence-electron chi connectivity index (χ2n) is 8.71. The second kappa shape index (κ2) is 9.01. The summed E-state index contributed by atoms with van der Waals surface area (Å²) >= 11 is 1.84. The van der Waals surface area contributed by atoms with E-state index in [-0.39, 0.29) is 11.6 Å². The molecule has 2 aromatic heterocycles. The Balaban J connectivity index is 1.27. The maximum absolute atomic E-state index is 12.6. The minimum Gasteiger partial charge on any atom is -0.351 e. The average molecular weight is 436 g/mol. The summed E-state index contributed by atoms with van der Waals surface area (Å²) in [5, 5.41) is 4.46. The fourth-order valence-corrected chi connectivity index (χ4v) is 5.79. The highest BCUT2D eigenvalue weighted by Crippen LogP contribution is 2.31. The number of fused-ring (bicyclic) bond motifs is 1. The molecule has 6 nitrogen and oxygen atoms in total. The van der Waals surface area contributed by atoms with E-state index in [9.17, 15) is 4.79 Å². The van der Waals surface area contributed by atoms with Gasteiger partial charge in [0.05, 0.1) is 0 Å². The number of piperidine rings is 1. The van der Waals surface area contributed by atoms with E-state index in [2.05, 4.69) is 45.8 Å². The third kappa shape index (κ3) is 4.62. The molecular weight excluding hydrogens is 406 g/mol. The lowest BCUT2D eigenvalue weighted by atomic mass is 10.1. The molecule has 1 saturated heterocycles. The van der Waals surface area contributed by atoms with Gasteiger partial charge in [-0.1, -0.05) is 25.0 Å². The second-order valence-corrected chi connectivity index (χ2v) is 9.88. The number of nitrogens with one attached hydrogen (secondary N) is 1. The van der Waals surface area contributed by atoms with Crippen LogP contribution in [0.25, 0.3) is 11.0 Å². The number of nitrogens with zero attached hydrogens (tertiary/aromatic N) is 4. The van der Waals surface area contributed by atoms with E-state index in [0.717, 1.165) is 49.8 Å². The molecule has 0 bridgehead atoms. The number of hydrogen-bond donors (Lipinski definition) is 1. The van der Waals surface area contributed by atoms with Gasteiger partial charge in [0.2, 0.25) is 5.95 Å². The predicted octanol–water partition coefficient (Wildman–Crippen LogP) is 4.80. The highest BCUT2D eigenvalue weighted by Gasteiger charge is 2.23. The van der Waals surface area contributed by atoms with Crippen LogP contribution in [0.5, 0.6) is 0 Å². The van der Waals surface area contributed by atoms with Crippen molar-refractivity contribution >= 4 is 28.9 Å². The fourth-order valence-electron chi connectivity index (χ4n) is 4.72. The van der Waals surface area contributed by atoms with E-state index >= 15 is 0 Å². The zero-order valence-corrected chi connectivity index (χ0v) is 18.8. The monoisotopic (exact) mass is 435 g/mol. The van der Waals surface area contributed by atoms with E-state index in [0.29, 0.717) is 12.0 Å². The van der Waals surface area contributed by atoms with E-state index in [1.807, 2.05) is 28.8 Å². The molecule has 1 aromatic carbocycles.